The van der Waals surface area contributed by atoms with Crippen molar-refractivity contribution in [2.75, 3.05) is 20.8 Å². The number of ether oxygens (including phenoxy) is 3. The van der Waals surface area contributed by atoms with E-state index in [2.05, 4.69) is 15.2 Å². The van der Waals surface area contributed by atoms with Crippen LogP contribution in [0.15, 0.2) is 47.6 Å². The number of halogens is 2. The number of rotatable bonds is 11. The number of benzene rings is 2. The minimum Gasteiger partial charge on any atom is -0.497 e. The lowest BCUT2D eigenvalue weighted by Crippen LogP contribution is -2.35. The second-order valence-electron chi connectivity index (χ2n) is 6.36. The Labute approximate surface area is 178 Å². The standard InChI is InChI=1S/C21H25F2N3O5/c1-13(20(27)25-11-10-14-4-7-16(28-2)8-5-14)31-26-19(24)15-6-9-17(30-21(22)23)18(12-15)29-3/h4-9,12-13,21H,10-11H2,1-3H3,(H2,24,26)(H,25,27). The van der Waals surface area contributed by atoms with Crippen molar-refractivity contribution >= 4 is 11.7 Å². The molecule has 2 aromatic rings. The predicted molar refractivity (Wildman–Crippen MR) is 111 cm³/mol. The molecule has 0 aliphatic rings. The van der Waals surface area contributed by atoms with Gasteiger partial charge in [0.1, 0.15) is 5.75 Å². The van der Waals surface area contributed by atoms with Crippen molar-refractivity contribution < 1.29 is 32.6 Å². The predicted octanol–water partition coefficient (Wildman–Crippen LogP) is 2.69. The first-order chi connectivity index (χ1) is 14.8. The number of nitrogens with two attached hydrogens (primary N) is 1. The lowest BCUT2D eigenvalue weighted by molar-refractivity contribution is -0.131. The van der Waals surface area contributed by atoms with E-state index in [0.29, 0.717) is 18.5 Å². The summed E-state index contributed by atoms with van der Waals surface area (Å²) in [6.07, 6.45) is -0.251. The summed E-state index contributed by atoms with van der Waals surface area (Å²) in [5.41, 5.74) is 7.26. The molecule has 0 saturated heterocycles. The van der Waals surface area contributed by atoms with Crippen LogP contribution in [0.4, 0.5) is 8.78 Å². The normalized spacial score (nSPS) is 12.3. The fraction of sp³-hybridized carbons (Fsp3) is 0.333. The zero-order chi connectivity index (χ0) is 22.8. The van der Waals surface area contributed by atoms with Gasteiger partial charge >= 0.3 is 6.61 Å². The molecule has 0 aliphatic heterocycles. The molecule has 0 heterocycles. The molecule has 0 aromatic heterocycles. The molecule has 10 heteroatoms. The fourth-order valence-corrected chi connectivity index (χ4v) is 2.52. The van der Waals surface area contributed by atoms with Gasteiger partial charge in [-0.05, 0) is 49.2 Å². The van der Waals surface area contributed by atoms with Crippen LogP contribution in [-0.4, -0.2) is 45.2 Å². The number of nitrogens with zero attached hydrogens (tertiary/aromatic N) is 1. The third-order valence-electron chi connectivity index (χ3n) is 4.23. The fourth-order valence-electron chi connectivity index (χ4n) is 2.52. The Balaban J connectivity index is 1.87. The van der Waals surface area contributed by atoms with Crippen LogP contribution in [0.2, 0.25) is 0 Å². The lowest BCUT2D eigenvalue weighted by atomic mass is 10.1. The second-order valence-corrected chi connectivity index (χ2v) is 6.36. The van der Waals surface area contributed by atoms with E-state index in [1.54, 1.807) is 7.11 Å². The average Bonchev–Trinajstić information content (AvgIpc) is 2.77. The molecule has 1 unspecified atom stereocenters. The van der Waals surface area contributed by atoms with Crippen molar-refractivity contribution in [3.05, 3.63) is 53.6 Å². The van der Waals surface area contributed by atoms with Crippen LogP contribution in [0.1, 0.15) is 18.1 Å². The number of hydrogen-bond donors (Lipinski definition) is 2. The molecular formula is C21H25F2N3O5. The molecule has 1 amide bonds. The third-order valence-corrected chi connectivity index (χ3v) is 4.23. The van der Waals surface area contributed by atoms with Gasteiger partial charge < -0.3 is 30.1 Å². The van der Waals surface area contributed by atoms with Crippen LogP contribution >= 0.6 is 0 Å². The number of nitrogens with one attached hydrogen (secondary N) is 1. The molecule has 0 radical (unpaired) electrons. The van der Waals surface area contributed by atoms with E-state index < -0.39 is 12.7 Å². The van der Waals surface area contributed by atoms with E-state index in [1.165, 1.54) is 32.2 Å². The Morgan fingerprint density at radius 1 is 1.10 bits per heavy atom. The number of methoxy groups -OCH3 is 2. The topological polar surface area (TPSA) is 104 Å². The second kappa shape index (κ2) is 11.6. The summed E-state index contributed by atoms with van der Waals surface area (Å²) in [5, 5.41) is 6.50. The molecule has 1 atom stereocenters. The molecular weight excluding hydrogens is 412 g/mol. The molecule has 0 spiro atoms. The molecule has 2 rings (SSSR count). The molecule has 0 aliphatic carbocycles. The molecule has 3 N–H and O–H groups in total. The van der Waals surface area contributed by atoms with Crippen molar-refractivity contribution in [3.63, 3.8) is 0 Å². The van der Waals surface area contributed by atoms with Crippen LogP contribution in [-0.2, 0) is 16.1 Å². The van der Waals surface area contributed by atoms with E-state index in [1.807, 2.05) is 24.3 Å². The average molecular weight is 437 g/mol. The van der Waals surface area contributed by atoms with E-state index in [9.17, 15) is 13.6 Å². The number of alkyl halides is 2. The Morgan fingerprint density at radius 2 is 1.81 bits per heavy atom. The summed E-state index contributed by atoms with van der Waals surface area (Å²) in [4.78, 5) is 17.3. The van der Waals surface area contributed by atoms with Crippen molar-refractivity contribution in [2.24, 2.45) is 10.9 Å². The van der Waals surface area contributed by atoms with Crippen molar-refractivity contribution in [3.8, 4) is 17.2 Å². The molecule has 31 heavy (non-hydrogen) atoms. The zero-order valence-electron chi connectivity index (χ0n) is 17.4. The smallest absolute Gasteiger partial charge is 0.387 e. The Morgan fingerprint density at radius 3 is 2.42 bits per heavy atom. The summed E-state index contributed by atoms with van der Waals surface area (Å²) < 4.78 is 39.3. The monoisotopic (exact) mass is 437 g/mol. The van der Waals surface area contributed by atoms with Crippen LogP contribution in [0, 0.1) is 0 Å². The molecule has 0 fully saturated rings. The van der Waals surface area contributed by atoms with Gasteiger partial charge in [-0.25, -0.2) is 0 Å². The quantitative estimate of drug-likeness (QED) is 0.318. The van der Waals surface area contributed by atoms with E-state index in [0.717, 1.165) is 11.3 Å². The lowest BCUT2D eigenvalue weighted by Gasteiger charge is -2.13. The highest BCUT2D eigenvalue weighted by Crippen LogP contribution is 2.29. The largest absolute Gasteiger partial charge is 0.497 e. The van der Waals surface area contributed by atoms with Gasteiger partial charge in [0.05, 0.1) is 14.2 Å². The highest BCUT2D eigenvalue weighted by Gasteiger charge is 2.15. The Bertz CT molecular complexity index is 891. The summed E-state index contributed by atoms with van der Waals surface area (Å²) in [5.74, 6) is 0.266. The minimum atomic E-state index is -2.99. The zero-order valence-corrected chi connectivity index (χ0v) is 17.4. The minimum absolute atomic E-state index is 0.0558. The van der Waals surface area contributed by atoms with Gasteiger partial charge in [-0.3, -0.25) is 4.79 Å². The maximum Gasteiger partial charge on any atom is 0.387 e. The number of oxime groups is 1. The Kier molecular flexibility index (Phi) is 8.86. The molecule has 168 valence electrons. The van der Waals surface area contributed by atoms with E-state index in [4.69, 9.17) is 20.0 Å². The molecule has 0 bridgehead atoms. The van der Waals surface area contributed by atoms with Crippen LogP contribution in [0.3, 0.4) is 0 Å². The first kappa shape index (κ1) is 23.7. The van der Waals surface area contributed by atoms with Gasteiger partial charge in [0.2, 0.25) is 6.10 Å². The summed E-state index contributed by atoms with van der Waals surface area (Å²) in [6.45, 7) is -1.04. The van der Waals surface area contributed by atoms with Crippen molar-refractivity contribution in [1.82, 2.24) is 5.32 Å². The van der Waals surface area contributed by atoms with Gasteiger partial charge in [-0.15, -0.1) is 0 Å². The summed E-state index contributed by atoms with van der Waals surface area (Å²) >= 11 is 0. The summed E-state index contributed by atoms with van der Waals surface area (Å²) in [7, 11) is 2.90. The number of amidine groups is 1. The van der Waals surface area contributed by atoms with Crippen LogP contribution in [0.5, 0.6) is 17.2 Å². The highest BCUT2D eigenvalue weighted by molar-refractivity contribution is 5.97. The van der Waals surface area contributed by atoms with Gasteiger partial charge in [0.15, 0.2) is 17.3 Å². The van der Waals surface area contributed by atoms with E-state index >= 15 is 0 Å². The first-order valence-corrected chi connectivity index (χ1v) is 9.37. The number of carbonyl (C=O) groups excluding carboxylic acids is 1. The summed E-state index contributed by atoms with van der Waals surface area (Å²) in [6, 6.07) is 11.6. The SMILES string of the molecule is COc1ccc(CCNC(=O)C(C)O/N=C(/N)c2ccc(OC(F)F)c(OC)c2)cc1. The van der Waals surface area contributed by atoms with E-state index in [-0.39, 0.29) is 23.2 Å². The van der Waals surface area contributed by atoms with Crippen molar-refractivity contribution in [2.45, 2.75) is 26.1 Å². The van der Waals surface area contributed by atoms with Gasteiger partial charge in [0, 0.05) is 12.1 Å². The highest BCUT2D eigenvalue weighted by atomic mass is 19.3. The van der Waals surface area contributed by atoms with Crippen LogP contribution in [0.25, 0.3) is 0 Å². The molecule has 8 nitrogen and oxygen atoms in total. The molecule has 0 saturated carbocycles. The maximum atomic E-state index is 12.4. The number of hydrogen-bond acceptors (Lipinski definition) is 6. The first-order valence-electron chi connectivity index (χ1n) is 9.37. The number of carbonyl (C=O) groups is 1. The Hall–Kier alpha value is -3.56. The molecule has 2 aromatic carbocycles. The maximum absolute atomic E-state index is 12.4. The van der Waals surface area contributed by atoms with Gasteiger partial charge in [-0.1, -0.05) is 17.3 Å². The van der Waals surface area contributed by atoms with Gasteiger partial charge in [0.25, 0.3) is 5.91 Å². The number of amides is 1. The third kappa shape index (κ3) is 7.32. The van der Waals surface area contributed by atoms with Gasteiger partial charge in [-0.2, -0.15) is 8.78 Å². The van der Waals surface area contributed by atoms with Crippen LogP contribution < -0.4 is 25.3 Å². The van der Waals surface area contributed by atoms with Crippen molar-refractivity contribution in [1.29, 1.82) is 0 Å².